The van der Waals surface area contributed by atoms with Crippen molar-refractivity contribution in [1.29, 1.82) is 0 Å². The summed E-state index contributed by atoms with van der Waals surface area (Å²) < 4.78 is 5.97. The van der Waals surface area contributed by atoms with Gasteiger partial charge in [0.2, 0.25) is 11.8 Å². The Morgan fingerprint density at radius 3 is 2.63 bits per heavy atom. The van der Waals surface area contributed by atoms with E-state index in [1.807, 2.05) is 30.3 Å². The second kappa shape index (κ2) is 7.97. The largest absolute Gasteiger partial charge is 0.421 e. The van der Waals surface area contributed by atoms with Crippen molar-refractivity contribution in [2.45, 2.75) is 52.5 Å². The number of nitrogens with one attached hydrogen (secondary N) is 1. The third-order valence-electron chi connectivity index (χ3n) is 6.21. The number of rotatable bonds is 7. The van der Waals surface area contributed by atoms with Crippen LogP contribution in [0.1, 0.15) is 45.9 Å². The van der Waals surface area contributed by atoms with Gasteiger partial charge in [-0.05, 0) is 62.0 Å². The Kier molecular flexibility index (Phi) is 5.44. The van der Waals surface area contributed by atoms with Crippen molar-refractivity contribution in [3.63, 3.8) is 0 Å². The SMILES string of the molecule is CC1=CC(CNC2CC2)C(C(C)C)CC1Cc1nnc(-c2ccccc2)o1. The molecule has 1 aromatic heterocycles. The average molecular weight is 366 g/mol. The molecule has 144 valence electrons. The molecule has 2 aromatic rings. The van der Waals surface area contributed by atoms with Crippen LogP contribution in [-0.2, 0) is 6.42 Å². The van der Waals surface area contributed by atoms with Gasteiger partial charge in [-0.3, -0.25) is 0 Å². The van der Waals surface area contributed by atoms with E-state index >= 15 is 0 Å². The van der Waals surface area contributed by atoms with E-state index < -0.39 is 0 Å². The molecule has 1 fully saturated rings. The lowest BCUT2D eigenvalue weighted by molar-refractivity contribution is 0.218. The van der Waals surface area contributed by atoms with Gasteiger partial charge in [0.25, 0.3) is 0 Å². The van der Waals surface area contributed by atoms with Gasteiger partial charge in [-0.1, -0.05) is 43.7 Å². The molecule has 2 aliphatic rings. The van der Waals surface area contributed by atoms with Crippen molar-refractivity contribution in [3.05, 3.63) is 47.9 Å². The van der Waals surface area contributed by atoms with Crippen molar-refractivity contribution >= 4 is 0 Å². The molecular weight excluding hydrogens is 334 g/mol. The van der Waals surface area contributed by atoms with Crippen LogP contribution in [0, 0.1) is 23.7 Å². The fourth-order valence-corrected chi connectivity index (χ4v) is 4.34. The maximum absolute atomic E-state index is 5.97. The van der Waals surface area contributed by atoms with Crippen LogP contribution in [0.25, 0.3) is 11.5 Å². The molecule has 0 radical (unpaired) electrons. The van der Waals surface area contributed by atoms with Crippen LogP contribution in [-0.4, -0.2) is 22.8 Å². The summed E-state index contributed by atoms with van der Waals surface area (Å²) in [6.45, 7) is 8.12. The topological polar surface area (TPSA) is 51.0 Å². The highest BCUT2D eigenvalue weighted by Gasteiger charge is 2.33. The van der Waals surface area contributed by atoms with Crippen molar-refractivity contribution in [3.8, 4) is 11.5 Å². The zero-order valence-corrected chi connectivity index (χ0v) is 16.7. The molecule has 2 aliphatic carbocycles. The Morgan fingerprint density at radius 2 is 1.93 bits per heavy atom. The van der Waals surface area contributed by atoms with Crippen LogP contribution in [0.5, 0.6) is 0 Å². The van der Waals surface area contributed by atoms with Gasteiger partial charge in [0.05, 0.1) is 0 Å². The van der Waals surface area contributed by atoms with Gasteiger partial charge in [0.15, 0.2) is 0 Å². The number of benzene rings is 1. The zero-order chi connectivity index (χ0) is 18.8. The van der Waals surface area contributed by atoms with Gasteiger partial charge >= 0.3 is 0 Å². The molecule has 3 atom stereocenters. The summed E-state index contributed by atoms with van der Waals surface area (Å²) in [5.74, 6) is 3.91. The first-order chi connectivity index (χ1) is 13.1. The highest BCUT2D eigenvalue weighted by molar-refractivity contribution is 5.51. The van der Waals surface area contributed by atoms with Gasteiger partial charge in [0.1, 0.15) is 0 Å². The normalized spacial score (nSPS) is 25.6. The van der Waals surface area contributed by atoms with E-state index in [4.69, 9.17) is 4.42 Å². The molecule has 1 heterocycles. The summed E-state index contributed by atoms with van der Waals surface area (Å²) in [6.07, 6.45) is 7.27. The molecule has 3 unspecified atom stereocenters. The van der Waals surface area contributed by atoms with E-state index in [0.717, 1.165) is 30.5 Å². The fraction of sp³-hybridized carbons (Fsp3) is 0.565. The van der Waals surface area contributed by atoms with E-state index in [-0.39, 0.29) is 0 Å². The summed E-state index contributed by atoms with van der Waals surface area (Å²) >= 11 is 0. The van der Waals surface area contributed by atoms with Crippen molar-refractivity contribution in [2.75, 3.05) is 6.54 Å². The van der Waals surface area contributed by atoms with E-state index in [1.165, 1.54) is 24.8 Å². The third-order valence-corrected chi connectivity index (χ3v) is 6.21. The van der Waals surface area contributed by atoms with Gasteiger partial charge in [-0.15, -0.1) is 10.2 Å². The average Bonchev–Trinajstić information content (AvgIpc) is 3.38. The fourth-order valence-electron chi connectivity index (χ4n) is 4.34. The predicted octanol–water partition coefficient (Wildman–Crippen LogP) is 4.89. The van der Waals surface area contributed by atoms with Crippen LogP contribution in [0.2, 0.25) is 0 Å². The second-order valence-electron chi connectivity index (χ2n) is 8.67. The van der Waals surface area contributed by atoms with Crippen LogP contribution < -0.4 is 5.32 Å². The number of aromatic nitrogens is 2. The van der Waals surface area contributed by atoms with Crippen LogP contribution >= 0.6 is 0 Å². The summed E-state index contributed by atoms with van der Waals surface area (Å²) in [5, 5.41) is 12.3. The summed E-state index contributed by atoms with van der Waals surface area (Å²) in [4.78, 5) is 0. The molecule has 1 saturated carbocycles. The second-order valence-corrected chi connectivity index (χ2v) is 8.67. The van der Waals surface area contributed by atoms with Crippen molar-refractivity contribution in [2.24, 2.45) is 23.7 Å². The molecule has 0 spiro atoms. The molecule has 0 bridgehead atoms. The lowest BCUT2D eigenvalue weighted by Crippen LogP contribution is -2.35. The molecule has 4 heteroatoms. The lowest BCUT2D eigenvalue weighted by atomic mass is 9.70. The van der Waals surface area contributed by atoms with Crippen molar-refractivity contribution < 1.29 is 4.42 Å². The maximum atomic E-state index is 5.97. The third kappa shape index (κ3) is 4.49. The van der Waals surface area contributed by atoms with Gasteiger partial charge in [0, 0.05) is 24.6 Å². The Hall–Kier alpha value is -1.94. The molecule has 1 aromatic carbocycles. The number of allylic oxidation sites excluding steroid dienone is 1. The maximum Gasteiger partial charge on any atom is 0.247 e. The Labute approximate surface area is 162 Å². The number of hydrogen-bond acceptors (Lipinski definition) is 4. The highest BCUT2D eigenvalue weighted by Crippen LogP contribution is 2.39. The van der Waals surface area contributed by atoms with Crippen molar-refractivity contribution in [1.82, 2.24) is 15.5 Å². The molecule has 27 heavy (non-hydrogen) atoms. The first-order valence-corrected chi connectivity index (χ1v) is 10.4. The zero-order valence-electron chi connectivity index (χ0n) is 16.7. The molecule has 0 amide bonds. The first kappa shape index (κ1) is 18.4. The van der Waals surface area contributed by atoms with E-state index in [0.29, 0.717) is 29.6 Å². The number of hydrogen-bond donors (Lipinski definition) is 1. The van der Waals surface area contributed by atoms with Gasteiger partial charge in [-0.2, -0.15) is 0 Å². The summed E-state index contributed by atoms with van der Waals surface area (Å²) in [7, 11) is 0. The Morgan fingerprint density at radius 1 is 1.15 bits per heavy atom. The van der Waals surface area contributed by atoms with E-state index in [9.17, 15) is 0 Å². The van der Waals surface area contributed by atoms with Gasteiger partial charge in [-0.25, -0.2) is 0 Å². The molecule has 0 aliphatic heterocycles. The minimum absolute atomic E-state index is 0.499. The highest BCUT2D eigenvalue weighted by atomic mass is 16.4. The van der Waals surface area contributed by atoms with Crippen LogP contribution in [0.4, 0.5) is 0 Å². The van der Waals surface area contributed by atoms with Crippen LogP contribution in [0.15, 0.2) is 46.4 Å². The standard InChI is InChI=1S/C23H31N3O/c1-15(2)21-12-18(16(3)11-19(21)14-24-20-9-10-20)13-22-25-26-23(27-22)17-7-5-4-6-8-17/h4-8,11,15,18-21,24H,9-10,12-14H2,1-3H3. The van der Waals surface area contributed by atoms with E-state index in [1.54, 1.807) is 0 Å². The Balaban J connectivity index is 1.45. The first-order valence-electron chi connectivity index (χ1n) is 10.4. The monoisotopic (exact) mass is 365 g/mol. The molecule has 0 saturated heterocycles. The molecule has 4 nitrogen and oxygen atoms in total. The van der Waals surface area contributed by atoms with Gasteiger partial charge < -0.3 is 9.73 Å². The molecular formula is C23H31N3O. The van der Waals surface area contributed by atoms with E-state index in [2.05, 4.69) is 42.4 Å². The Bertz CT molecular complexity index is 776. The predicted molar refractivity (Wildman–Crippen MR) is 108 cm³/mol. The van der Waals surface area contributed by atoms with Crippen LogP contribution in [0.3, 0.4) is 0 Å². The summed E-state index contributed by atoms with van der Waals surface area (Å²) in [6, 6.07) is 10.8. The summed E-state index contributed by atoms with van der Waals surface area (Å²) in [5.41, 5.74) is 2.47. The smallest absolute Gasteiger partial charge is 0.247 e. The quantitative estimate of drug-likeness (QED) is 0.710. The number of nitrogens with zero attached hydrogens (tertiary/aromatic N) is 2. The molecule has 1 N–H and O–H groups in total. The molecule has 4 rings (SSSR count). The minimum Gasteiger partial charge on any atom is -0.421 e. The minimum atomic E-state index is 0.499. The lowest BCUT2D eigenvalue weighted by Gasteiger charge is -2.37.